The normalized spacial score (nSPS) is 31.8. The molecule has 2 fully saturated rings. The van der Waals surface area contributed by atoms with E-state index < -0.39 is 0 Å². The second-order valence-corrected chi connectivity index (χ2v) is 5.95. The summed E-state index contributed by atoms with van der Waals surface area (Å²) in [7, 11) is 0. The highest BCUT2D eigenvalue weighted by atomic mass is 35.5. The second-order valence-electron chi connectivity index (χ2n) is 5.13. The highest BCUT2D eigenvalue weighted by molar-refractivity contribution is 6.42. The molecule has 2 nitrogen and oxygen atoms in total. The number of aromatic hydroxyl groups is 1. The van der Waals surface area contributed by atoms with Crippen molar-refractivity contribution in [2.45, 2.75) is 43.7 Å². The first-order valence-electron chi connectivity index (χ1n) is 6.07. The van der Waals surface area contributed by atoms with Gasteiger partial charge in [0.05, 0.1) is 10.0 Å². The van der Waals surface area contributed by atoms with Gasteiger partial charge in [0.25, 0.3) is 0 Å². The van der Waals surface area contributed by atoms with Crippen molar-refractivity contribution in [3.05, 3.63) is 27.7 Å². The van der Waals surface area contributed by atoms with Crippen LogP contribution in [0.3, 0.4) is 0 Å². The summed E-state index contributed by atoms with van der Waals surface area (Å²) < 4.78 is 0. The Morgan fingerprint density at radius 1 is 1.06 bits per heavy atom. The van der Waals surface area contributed by atoms with Gasteiger partial charge in [0, 0.05) is 18.2 Å². The Morgan fingerprint density at radius 3 is 2.29 bits per heavy atom. The van der Waals surface area contributed by atoms with Crippen LogP contribution in [0.1, 0.15) is 37.2 Å². The zero-order valence-corrected chi connectivity index (χ0v) is 10.9. The summed E-state index contributed by atoms with van der Waals surface area (Å²) in [6.45, 7) is 0. The number of phenolic OH excluding ortho intramolecular Hbond substituents is 1. The smallest absolute Gasteiger partial charge is 0.120 e. The van der Waals surface area contributed by atoms with Crippen molar-refractivity contribution < 1.29 is 5.11 Å². The summed E-state index contributed by atoms with van der Waals surface area (Å²) in [5.74, 6) is 0.689. The van der Waals surface area contributed by atoms with E-state index in [4.69, 9.17) is 23.2 Å². The van der Waals surface area contributed by atoms with Crippen LogP contribution < -0.4 is 5.32 Å². The number of nitrogens with one attached hydrogen (secondary N) is 1. The maximum absolute atomic E-state index is 10.00. The molecule has 0 saturated carbocycles. The number of halogens is 2. The lowest BCUT2D eigenvalue weighted by Gasteiger charge is -2.29. The van der Waals surface area contributed by atoms with Crippen LogP contribution in [0.25, 0.3) is 0 Å². The van der Waals surface area contributed by atoms with E-state index in [2.05, 4.69) is 5.32 Å². The molecule has 1 aromatic rings. The SMILES string of the molecule is Oc1cc(Cl)c(Cl)cc1C1CC2CCC(C1)N2. The highest BCUT2D eigenvalue weighted by Crippen LogP contribution is 2.42. The first-order chi connectivity index (χ1) is 8.13. The molecule has 1 aromatic carbocycles. The fraction of sp³-hybridized carbons (Fsp3) is 0.538. The van der Waals surface area contributed by atoms with Gasteiger partial charge in [0.1, 0.15) is 5.75 Å². The highest BCUT2D eigenvalue weighted by Gasteiger charge is 2.35. The van der Waals surface area contributed by atoms with Crippen LogP contribution in [0.4, 0.5) is 0 Å². The molecular weight excluding hydrogens is 257 g/mol. The first-order valence-corrected chi connectivity index (χ1v) is 6.83. The predicted molar refractivity (Wildman–Crippen MR) is 70.0 cm³/mol. The van der Waals surface area contributed by atoms with Crippen LogP contribution in [0, 0.1) is 0 Å². The molecule has 0 aliphatic carbocycles. The first kappa shape index (κ1) is 11.6. The average molecular weight is 272 g/mol. The van der Waals surface area contributed by atoms with Gasteiger partial charge in [-0.05, 0) is 43.2 Å². The Labute approximate surface area is 111 Å². The molecule has 2 aliphatic rings. The summed E-state index contributed by atoms with van der Waals surface area (Å²) in [4.78, 5) is 0. The van der Waals surface area contributed by atoms with Gasteiger partial charge >= 0.3 is 0 Å². The molecule has 0 amide bonds. The summed E-state index contributed by atoms with van der Waals surface area (Å²) in [5, 5.41) is 14.5. The van der Waals surface area contributed by atoms with Gasteiger partial charge in [0.15, 0.2) is 0 Å². The second kappa shape index (κ2) is 4.34. The van der Waals surface area contributed by atoms with Crippen LogP contribution in [-0.4, -0.2) is 17.2 Å². The number of hydrogen-bond acceptors (Lipinski definition) is 2. The van der Waals surface area contributed by atoms with E-state index >= 15 is 0 Å². The molecule has 92 valence electrons. The van der Waals surface area contributed by atoms with Gasteiger partial charge < -0.3 is 10.4 Å². The molecule has 2 N–H and O–H groups in total. The summed E-state index contributed by atoms with van der Waals surface area (Å²) in [5.41, 5.74) is 0.956. The molecular formula is C13H15Cl2NO. The maximum atomic E-state index is 10.00. The number of benzene rings is 1. The zero-order chi connectivity index (χ0) is 12.0. The van der Waals surface area contributed by atoms with Gasteiger partial charge in [-0.15, -0.1) is 0 Å². The van der Waals surface area contributed by atoms with Crippen LogP contribution in [0.5, 0.6) is 5.75 Å². The lowest BCUT2D eigenvalue weighted by Crippen LogP contribution is -2.37. The number of hydrogen-bond donors (Lipinski definition) is 2. The minimum absolute atomic E-state index is 0.283. The Hall–Kier alpha value is -0.440. The third kappa shape index (κ3) is 2.14. The van der Waals surface area contributed by atoms with E-state index in [1.807, 2.05) is 6.07 Å². The number of rotatable bonds is 1. The third-order valence-corrected chi connectivity index (χ3v) is 4.70. The van der Waals surface area contributed by atoms with Crippen molar-refractivity contribution in [2.75, 3.05) is 0 Å². The topological polar surface area (TPSA) is 32.3 Å². The lowest BCUT2D eigenvalue weighted by atomic mass is 9.86. The molecule has 2 unspecified atom stereocenters. The van der Waals surface area contributed by atoms with Crippen molar-refractivity contribution in [3.8, 4) is 5.75 Å². The van der Waals surface area contributed by atoms with Gasteiger partial charge in [-0.3, -0.25) is 0 Å². The minimum atomic E-state index is 0.283. The van der Waals surface area contributed by atoms with Crippen LogP contribution in [-0.2, 0) is 0 Å². The minimum Gasteiger partial charge on any atom is -0.508 e. The molecule has 0 spiro atoms. The third-order valence-electron chi connectivity index (χ3n) is 3.98. The van der Waals surface area contributed by atoms with E-state index in [-0.39, 0.29) is 5.75 Å². The van der Waals surface area contributed by atoms with Crippen molar-refractivity contribution in [3.63, 3.8) is 0 Å². The van der Waals surface area contributed by atoms with E-state index in [0.29, 0.717) is 28.0 Å². The van der Waals surface area contributed by atoms with E-state index in [9.17, 15) is 5.11 Å². The molecule has 4 heteroatoms. The summed E-state index contributed by atoms with van der Waals surface area (Å²) in [6, 6.07) is 4.60. The number of fused-ring (bicyclic) bond motifs is 2. The van der Waals surface area contributed by atoms with Crippen LogP contribution >= 0.6 is 23.2 Å². The molecule has 0 radical (unpaired) electrons. The Morgan fingerprint density at radius 2 is 1.65 bits per heavy atom. The molecule has 2 heterocycles. The molecule has 3 rings (SSSR count). The van der Waals surface area contributed by atoms with Gasteiger partial charge in [-0.1, -0.05) is 23.2 Å². The van der Waals surface area contributed by atoms with Crippen LogP contribution in [0.15, 0.2) is 12.1 Å². The Balaban J connectivity index is 1.91. The van der Waals surface area contributed by atoms with Crippen molar-refractivity contribution in [1.29, 1.82) is 0 Å². The lowest BCUT2D eigenvalue weighted by molar-refractivity contribution is 0.354. The quantitative estimate of drug-likeness (QED) is 0.817. The van der Waals surface area contributed by atoms with Crippen molar-refractivity contribution >= 4 is 23.2 Å². The molecule has 2 bridgehead atoms. The van der Waals surface area contributed by atoms with Gasteiger partial charge in [-0.2, -0.15) is 0 Å². The fourth-order valence-corrected chi connectivity index (χ4v) is 3.52. The standard InChI is InChI=1S/C13H15Cl2NO/c14-11-5-10(13(17)6-12(11)15)7-3-8-1-2-9(4-7)16-8/h5-9,16-17H,1-4H2. The molecule has 2 aliphatic heterocycles. The molecule has 0 aromatic heterocycles. The molecule has 2 atom stereocenters. The van der Waals surface area contributed by atoms with Crippen molar-refractivity contribution in [2.24, 2.45) is 0 Å². The summed E-state index contributed by atoms with van der Waals surface area (Å²) >= 11 is 11.9. The predicted octanol–water partition coefficient (Wildman–Crippen LogP) is 3.70. The van der Waals surface area contributed by atoms with E-state index in [1.165, 1.54) is 12.8 Å². The summed E-state index contributed by atoms with van der Waals surface area (Å²) in [6.07, 6.45) is 4.68. The van der Waals surface area contributed by atoms with E-state index in [0.717, 1.165) is 18.4 Å². The average Bonchev–Trinajstić information content (AvgIpc) is 2.63. The van der Waals surface area contributed by atoms with Gasteiger partial charge in [0.2, 0.25) is 0 Å². The largest absolute Gasteiger partial charge is 0.508 e. The Kier molecular flexibility index (Phi) is 2.97. The number of piperidine rings is 1. The fourth-order valence-electron chi connectivity index (χ4n) is 3.19. The number of phenols is 1. The van der Waals surface area contributed by atoms with Crippen LogP contribution in [0.2, 0.25) is 10.0 Å². The maximum Gasteiger partial charge on any atom is 0.120 e. The Bertz CT molecular complexity index is 437. The van der Waals surface area contributed by atoms with Gasteiger partial charge in [-0.25, -0.2) is 0 Å². The monoisotopic (exact) mass is 271 g/mol. The molecule has 2 saturated heterocycles. The zero-order valence-electron chi connectivity index (χ0n) is 9.42. The van der Waals surface area contributed by atoms with Crippen molar-refractivity contribution in [1.82, 2.24) is 5.32 Å². The molecule has 17 heavy (non-hydrogen) atoms. The van der Waals surface area contributed by atoms with E-state index in [1.54, 1.807) is 6.07 Å².